The van der Waals surface area contributed by atoms with E-state index in [9.17, 15) is 0 Å². The van der Waals surface area contributed by atoms with Crippen LogP contribution in [0.3, 0.4) is 0 Å². The van der Waals surface area contributed by atoms with Gasteiger partial charge in [-0.3, -0.25) is 0 Å². The summed E-state index contributed by atoms with van der Waals surface area (Å²) in [7, 11) is 0. The predicted molar refractivity (Wildman–Crippen MR) is 121 cm³/mol. The number of hydrogen-bond donors (Lipinski definition) is 0. The second-order valence-electron chi connectivity index (χ2n) is 7.74. The average molecular weight is 396 g/mol. The van der Waals surface area contributed by atoms with Crippen LogP contribution in [0.25, 0.3) is 22.3 Å². The van der Waals surface area contributed by atoms with Crippen molar-refractivity contribution in [2.75, 3.05) is 36.0 Å². The van der Waals surface area contributed by atoms with Gasteiger partial charge in [-0.05, 0) is 38.1 Å². The minimum atomic E-state index is 0.881. The van der Waals surface area contributed by atoms with Gasteiger partial charge >= 0.3 is 0 Å². The maximum absolute atomic E-state index is 4.86. The van der Waals surface area contributed by atoms with Crippen LogP contribution in [-0.4, -0.2) is 46.3 Å². The third-order valence-electron chi connectivity index (χ3n) is 5.62. The normalized spacial score (nSPS) is 14.3. The van der Waals surface area contributed by atoms with Crippen molar-refractivity contribution < 1.29 is 0 Å². The van der Waals surface area contributed by atoms with Crippen LogP contribution in [0, 0.1) is 13.8 Å². The summed E-state index contributed by atoms with van der Waals surface area (Å²) in [5.74, 6) is 1.90. The molecular formula is C24H24N6. The van der Waals surface area contributed by atoms with Crippen molar-refractivity contribution in [3.63, 3.8) is 0 Å². The van der Waals surface area contributed by atoms with E-state index in [4.69, 9.17) is 9.97 Å². The van der Waals surface area contributed by atoms with Crippen molar-refractivity contribution in [3.8, 4) is 11.3 Å². The number of benzene rings is 2. The molecule has 0 amide bonds. The van der Waals surface area contributed by atoms with Crippen LogP contribution in [0.1, 0.15) is 11.3 Å². The van der Waals surface area contributed by atoms with Crippen molar-refractivity contribution >= 4 is 22.7 Å². The largest absolute Gasteiger partial charge is 0.352 e. The molecule has 6 nitrogen and oxygen atoms in total. The lowest BCUT2D eigenvalue weighted by atomic mass is 10.1. The molecule has 0 spiro atoms. The first-order chi connectivity index (χ1) is 14.7. The smallest absolute Gasteiger partial charge is 0.151 e. The third-order valence-corrected chi connectivity index (χ3v) is 5.62. The van der Waals surface area contributed by atoms with E-state index in [-0.39, 0.29) is 0 Å². The van der Waals surface area contributed by atoms with E-state index in [1.165, 1.54) is 5.56 Å². The molecule has 2 aromatic heterocycles. The Bertz CT molecular complexity index is 1160. The number of rotatable bonds is 3. The van der Waals surface area contributed by atoms with Gasteiger partial charge in [0.15, 0.2) is 11.6 Å². The van der Waals surface area contributed by atoms with Gasteiger partial charge in [0, 0.05) is 31.7 Å². The molecule has 0 bridgehead atoms. The first kappa shape index (κ1) is 18.5. The minimum Gasteiger partial charge on any atom is -0.352 e. The highest BCUT2D eigenvalue weighted by Gasteiger charge is 2.21. The molecule has 0 N–H and O–H groups in total. The van der Waals surface area contributed by atoms with E-state index in [1.807, 2.05) is 31.2 Å². The van der Waals surface area contributed by atoms with Crippen LogP contribution in [0.2, 0.25) is 0 Å². The Morgan fingerprint density at radius 1 is 0.667 bits per heavy atom. The SMILES string of the molecule is Cc1ccc(-c2ccc(N3CCN(c4nc5ccccc5nc4C)CC3)nn2)cc1. The summed E-state index contributed by atoms with van der Waals surface area (Å²) in [5.41, 5.74) is 6.10. The Kier molecular flexibility index (Phi) is 4.75. The zero-order chi connectivity index (χ0) is 20.5. The standard InChI is InChI=1S/C24H24N6/c1-17-7-9-19(10-8-17)20-11-12-23(28-27-20)29-13-15-30(16-14-29)24-18(2)25-21-5-3-4-6-22(21)26-24/h3-12H,13-16H2,1-2H3. The van der Waals surface area contributed by atoms with Crippen LogP contribution in [0.4, 0.5) is 11.6 Å². The molecule has 0 atom stereocenters. The van der Waals surface area contributed by atoms with E-state index < -0.39 is 0 Å². The molecule has 3 heterocycles. The number of piperazine rings is 1. The maximum Gasteiger partial charge on any atom is 0.151 e. The van der Waals surface area contributed by atoms with Crippen molar-refractivity contribution in [1.29, 1.82) is 0 Å². The fourth-order valence-corrected chi connectivity index (χ4v) is 3.90. The fraction of sp³-hybridized carbons (Fsp3) is 0.250. The average Bonchev–Trinajstić information content (AvgIpc) is 2.79. The van der Waals surface area contributed by atoms with Crippen molar-refractivity contribution in [2.45, 2.75) is 13.8 Å². The van der Waals surface area contributed by atoms with Gasteiger partial charge < -0.3 is 9.80 Å². The monoisotopic (exact) mass is 396 g/mol. The number of fused-ring (bicyclic) bond motifs is 1. The number of nitrogens with zero attached hydrogens (tertiary/aromatic N) is 6. The van der Waals surface area contributed by atoms with Gasteiger partial charge in [-0.1, -0.05) is 42.0 Å². The second kappa shape index (κ2) is 7.71. The molecular weight excluding hydrogens is 372 g/mol. The Morgan fingerprint density at radius 3 is 2.00 bits per heavy atom. The van der Waals surface area contributed by atoms with Gasteiger partial charge in [0.25, 0.3) is 0 Å². The molecule has 0 aliphatic carbocycles. The number of aryl methyl sites for hydroxylation is 2. The van der Waals surface area contributed by atoms with Crippen LogP contribution >= 0.6 is 0 Å². The fourth-order valence-electron chi connectivity index (χ4n) is 3.90. The highest BCUT2D eigenvalue weighted by atomic mass is 15.3. The number of para-hydroxylation sites is 2. The van der Waals surface area contributed by atoms with Gasteiger partial charge in [0.05, 0.1) is 22.4 Å². The van der Waals surface area contributed by atoms with Crippen LogP contribution < -0.4 is 9.80 Å². The zero-order valence-corrected chi connectivity index (χ0v) is 17.3. The van der Waals surface area contributed by atoms with Crippen molar-refractivity contribution in [1.82, 2.24) is 20.2 Å². The molecule has 5 rings (SSSR count). The Balaban J connectivity index is 1.29. The molecule has 1 fully saturated rings. The number of anilines is 2. The van der Waals surface area contributed by atoms with Crippen molar-refractivity contribution in [3.05, 3.63) is 71.9 Å². The van der Waals surface area contributed by atoms with Crippen LogP contribution in [0.5, 0.6) is 0 Å². The first-order valence-corrected chi connectivity index (χ1v) is 10.3. The van der Waals surface area contributed by atoms with Gasteiger partial charge in [0.1, 0.15) is 0 Å². The number of aromatic nitrogens is 4. The summed E-state index contributed by atoms with van der Waals surface area (Å²) >= 11 is 0. The quantitative estimate of drug-likeness (QED) is 0.521. The summed E-state index contributed by atoms with van der Waals surface area (Å²) < 4.78 is 0. The molecule has 4 aromatic rings. The molecule has 2 aromatic carbocycles. The molecule has 1 saturated heterocycles. The van der Waals surface area contributed by atoms with E-state index in [1.54, 1.807) is 0 Å². The molecule has 6 heteroatoms. The van der Waals surface area contributed by atoms with E-state index >= 15 is 0 Å². The Hall–Kier alpha value is -3.54. The minimum absolute atomic E-state index is 0.881. The molecule has 1 aliphatic heterocycles. The van der Waals surface area contributed by atoms with Gasteiger partial charge in [0.2, 0.25) is 0 Å². The summed E-state index contributed by atoms with van der Waals surface area (Å²) in [6.45, 7) is 7.66. The summed E-state index contributed by atoms with van der Waals surface area (Å²) in [5, 5.41) is 8.94. The maximum atomic E-state index is 4.86. The van der Waals surface area contributed by atoms with Crippen LogP contribution in [-0.2, 0) is 0 Å². The Morgan fingerprint density at radius 2 is 1.33 bits per heavy atom. The molecule has 0 radical (unpaired) electrons. The second-order valence-corrected chi connectivity index (χ2v) is 7.74. The van der Waals surface area contributed by atoms with Crippen LogP contribution in [0.15, 0.2) is 60.7 Å². The summed E-state index contributed by atoms with van der Waals surface area (Å²) in [4.78, 5) is 14.2. The lowest BCUT2D eigenvalue weighted by Gasteiger charge is -2.36. The van der Waals surface area contributed by atoms with E-state index in [2.05, 4.69) is 63.3 Å². The van der Waals surface area contributed by atoms with Crippen molar-refractivity contribution in [2.24, 2.45) is 0 Å². The number of hydrogen-bond acceptors (Lipinski definition) is 6. The molecule has 30 heavy (non-hydrogen) atoms. The third kappa shape index (κ3) is 3.56. The highest BCUT2D eigenvalue weighted by molar-refractivity contribution is 5.76. The molecule has 1 aliphatic rings. The Labute approximate surface area is 176 Å². The first-order valence-electron chi connectivity index (χ1n) is 10.3. The van der Waals surface area contributed by atoms with Gasteiger partial charge in [-0.25, -0.2) is 9.97 Å². The lowest BCUT2D eigenvalue weighted by molar-refractivity contribution is 0.636. The molecule has 0 unspecified atom stereocenters. The topological polar surface area (TPSA) is 58.0 Å². The van der Waals surface area contributed by atoms with E-state index in [0.29, 0.717) is 0 Å². The summed E-state index contributed by atoms with van der Waals surface area (Å²) in [6.07, 6.45) is 0. The van der Waals surface area contributed by atoms with Gasteiger partial charge in [-0.15, -0.1) is 10.2 Å². The molecule has 150 valence electrons. The molecule has 0 saturated carbocycles. The predicted octanol–water partition coefficient (Wildman–Crippen LogP) is 4.03. The van der Waals surface area contributed by atoms with Gasteiger partial charge in [-0.2, -0.15) is 0 Å². The lowest BCUT2D eigenvalue weighted by Crippen LogP contribution is -2.47. The summed E-state index contributed by atoms with van der Waals surface area (Å²) in [6, 6.07) is 20.5. The highest BCUT2D eigenvalue weighted by Crippen LogP contribution is 2.23. The van der Waals surface area contributed by atoms with E-state index in [0.717, 1.165) is 65.8 Å². The zero-order valence-electron chi connectivity index (χ0n) is 17.3.